The number of aliphatic carboxylic acids is 1. The highest BCUT2D eigenvalue weighted by molar-refractivity contribution is 6.32. The number of ketones is 1. The second-order valence-corrected chi connectivity index (χ2v) is 3.03. The minimum absolute atomic E-state index is 0.148. The molecule has 0 saturated carbocycles. The van der Waals surface area contributed by atoms with E-state index >= 15 is 0 Å². The number of carboxylic acids is 1. The predicted octanol–water partition coefficient (Wildman–Crippen LogP) is 0.126. The lowest BCUT2D eigenvalue weighted by Gasteiger charge is -2.11. The number of Topliss-reactive ketones (excluding diaryl/α,β-unsaturated/α-hetero) is 1. The van der Waals surface area contributed by atoms with Gasteiger partial charge in [-0.15, -0.1) is 0 Å². The molecule has 1 rings (SSSR count). The zero-order valence-corrected chi connectivity index (χ0v) is 6.95. The lowest BCUT2D eigenvalue weighted by molar-refractivity contribution is -0.149. The molecule has 1 aliphatic heterocycles. The molecule has 0 bridgehead atoms. The lowest BCUT2D eigenvalue weighted by atomic mass is 10.3. The predicted molar refractivity (Wildman–Crippen MR) is 42.9 cm³/mol. The van der Waals surface area contributed by atoms with Crippen LogP contribution in [-0.4, -0.2) is 41.4 Å². The highest BCUT2D eigenvalue weighted by atomic mass is 16.4. The molecule has 4 heteroatoms. The summed E-state index contributed by atoms with van der Waals surface area (Å²) in [6, 6.07) is 0. The summed E-state index contributed by atoms with van der Waals surface area (Å²) in [5.41, 5.74) is 0. The van der Waals surface area contributed by atoms with Crippen LogP contribution in [0.3, 0.4) is 0 Å². The topological polar surface area (TPSA) is 57.6 Å². The normalized spacial score (nSPS) is 18.0. The Balaban J connectivity index is 2.16. The first kappa shape index (κ1) is 9.19. The largest absolute Gasteiger partial charge is 0.476 e. The third kappa shape index (κ3) is 2.62. The van der Waals surface area contributed by atoms with Gasteiger partial charge in [0.15, 0.2) is 0 Å². The van der Waals surface area contributed by atoms with Crippen molar-refractivity contribution in [3.8, 4) is 0 Å². The maximum Gasteiger partial charge on any atom is 0.372 e. The molecule has 1 aliphatic rings. The molecule has 12 heavy (non-hydrogen) atoms. The summed E-state index contributed by atoms with van der Waals surface area (Å²) >= 11 is 0. The van der Waals surface area contributed by atoms with Gasteiger partial charge in [0.1, 0.15) is 0 Å². The third-order valence-electron chi connectivity index (χ3n) is 2.09. The molecule has 4 nitrogen and oxygen atoms in total. The zero-order chi connectivity index (χ0) is 8.97. The van der Waals surface area contributed by atoms with Crippen molar-refractivity contribution in [2.24, 2.45) is 0 Å². The number of likely N-dealkylation sites (tertiary alicyclic amines) is 1. The Hall–Kier alpha value is -0.900. The summed E-state index contributed by atoms with van der Waals surface area (Å²) < 4.78 is 0. The van der Waals surface area contributed by atoms with E-state index in [2.05, 4.69) is 4.90 Å². The zero-order valence-electron chi connectivity index (χ0n) is 6.95. The van der Waals surface area contributed by atoms with Crippen molar-refractivity contribution < 1.29 is 14.7 Å². The van der Waals surface area contributed by atoms with Crippen molar-refractivity contribution in [3.05, 3.63) is 0 Å². The van der Waals surface area contributed by atoms with Crippen molar-refractivity contribution in [2.45, 2.75) is 19.3 Å². The van der Waals surface area contributed by atoms with Gasteiger partial charge in [-0.3, -0.25) is 4.79 Å². The fourth-order valence-electron chi connectivity index (χ4n) is 1.37. The molecule has 0 aromatic rings. The number of carbonyl (C=O) groups is 2. The minimum Gasteiger partial charge on any atom is -0.476 e. The van der Waals surface area contributed by atoms with Crippen LogP contribution in [0.5, 0.6) is 0 Å². The number of hydrogen-bond acceptors (Lipinski definition) is 3. The van der Waals surface area contributed by atoms with Crippen LogP contribution in [0.15, 0.2) is 0 Å². The SMILES string of the molecule is O=C(O)C(=O)CCN1CCCC1. The van der Waals surface area contributed by atoms with Crippen LogP contribution in [0.2, 0.25) is 0 Å². The van der Waals surface area contributed by atoms with Gasteiger partial charge in [0.2, 0.25) is 5.78 Å². The van der Waals surface area contributed by atoms with Crippen LogP contribution < -0.4 is 0 Å². The van der Waals surface area contributed by atoms with E-state index in [1.165, 1.54) is 12.8 Å². The molecule has 0 aromatic carbocycles. The summed E-state index contributed by atoms with van der Waals surface area (Å²) in [6.45, 7) is 2.62. The van der Waals surface area contributed by atoms with E-state index in [0.29, 0.717) is 6.54 Å². The van der Waals surface area contributed by atoms with Gasteiger partial charge in [0, 0.05) is 13.0 Å². The number of rotatable bonds is 4. The van der Waals surface area contributed by atoms with Gasteiger partial charge in [0.05, 0.1) is 0 Å². The van der Waals surface area contributed by atoms with Crippen LogP contribution in [-0.2, 0) is 9.59 Å². The molecule has 1 fully saturated rings. The highest BCUT2D eigenvalue weighted by Gasteiger charge is 2.15. The third-order valence-corrected chi connectivity index (χ3v) is 2.09. The maximum atomic E-state index is 10.7. The Morgan fingerprint density at radius 2 is 1.83 bits per heavy atom. The number of hydrogen-bond donors (Lipinski definition) is 1. The van der Waals surface area contributed by atoms with Crippen molar-refractivity contribution in [3.63, 3.8) is 0 Å². The van der Waals surface area contributed by atoms with E-state index in [0.717, 1.165) is 13.1 Å². The molecule has 0 atom stereocenters. The molecule has 0 amide bonds. The molecule has 0 aliphatic carbocycles. The standard InChI is InChI=1S/C8H13NO3/c10-7(8(11)12)3-6-9-4-1-2-5-9/h1-6H2,(H,11,12). The van der Waals surface area contributed by atoms with E-state index in [1.54, 1.807) is 0 Å². The molecule has 0 unspecified atom stereocenters. The van der Waals surface area contributed by atoms with Gasteiger partial charge in [-0.25, -0.2) is 4.79 Å². The van der Waals surface area contributed by atoms with Gasteiger partial charge in [0.25, 0.3) is 0 Å². The molecule has 1 heterocycles. The second-order valence-electron chi connectivity index (χ2n) is 3.03. The molecule has 1 N–H and O–H groups in total. The molecule has 0 radical (unpaired) electrons. The Morgan fingerprint density at radius 1 is 1.25 bits per heavy atom. The molecular formula is C8H13NO3. The summed E-state index contributed by atoms with van der Waals surface area (Å²) in [5.74, 6) is -1.99. The van der Waals surface area contributed by atoms with Crippen molar-refractivity contribution in [2.75, 3.05) is 19.6 Å². The van der Waals surface area contributed by atoms with E-state index in [-0.39, 0.29) is 6.42 Å². The molecule has 0 spiro atoms. The van der Waals surface area contributed by atoms with E-state index in [4.69, 9.17) is 5.11 Å². The van der Waals surface area contributed by atoms with Gasteiger partial charge in [-0.1, -0.05) is 0 Å². The van der Waals surface area contributed by atoms with Crippen molar-refractivity contribution in [1.29, 1.82) is 0 Å². The first-order valence-corrected chi connectivity index (χ1v) is 4.18. The summed E-state index contributed by atoms with van der Waals surface area (Å²) in [5, 5.41) is 8.29. The Kier molecular flexibility index (Phi) is 3.22. The Labute approximate surface area is 71.2 Å². The van der Waals surface area contributed by atoms with Gasteiger partial charge >= 0.3 is 5.97 Å². The monoisotopic (exact) mass is 171 g/mol. The fraction of sp³-hybridized carbons (Fsp3) is 0.750. The van der Waals surface area contributed by atoms with Gasteiger partial charge in [-0.2, -0.15) is 0 Å². The van der Waals surface area contributed by atoms with Crippen molar-refractivity contribution in [1.82, 2.24) is 4.90 Å². The quantitative estimate of drug-likeness (QED) is 0.611. The van der Waals surface area contributed by atoms with Crippen LogP contribution in [0.25, 0.3) is 0 Å². The van der Waals surface area contributed by atoms with Gasteiger partial charge < -0.3 is 10.0 Å². The first-order chi connectivity index (χ1) is 5.70. The fourth-order valence-corrected chi connectivity index (χ4v) is 1.37. The summed E-state index contributed by atoms with van der Waals surface area (Å²) in [6.07, 6.45) is 2.48. The van der Waals surface area contributed by atoms with Crippen LogP contribution in [0, 0.1) is 0 Å². The minimum atomic E-state index is -1.31. The average Bonchev–Trinajstić information content (AvgIpc) is 2.51. The average molecular weight is 171 g/mol. The summed E-state index contributed by atoms with van der Waals surface area (Å²) in [4.78, 5) is 22.9. The van der Waals surface area contributed by atoms with Gasteiger partial charge in [-0.05, 0) is 25.9 Å². The number of carbonyl (C=O) groups excluding carboxylic acids is 1. The van der Waals surface area contributed by atoms with E-state index in [1.807, 2.05) is 0 Å². The number of carboxylic acid groups (broad SMARTS) is 1. The Bertz CT molecular complexity index is 185. The van der Waals surface area contributed by atoms with Crippen LogP contribution >= 0.6 is 0 Å². The molecule has 68 valence electrons. The van der Waals surface area contributed by atoms with Crippen molar-refractivity contribution >= 4 is 11.8 Å². The van der Waals surface area contributed by atoms with Crippen LogP contribution in [0.4, 0.5) is 0 Å². The highest BCUT2D eigenvalue weighted by Crippen LogP contribution is 2.07. The summed E-state index contributed by atoms with van der Waals surface area (Å²) in [7, 11) is 0. The molecular weight excluding hydrogens is 158 g/mol. The number of nitrogens with zero attached hydrogens (tertiary/aromatic N) is 1. The smallest absolute Gasteiger partial charge is 0.372 e. The van der Waals surface area contributed by atoms with E-state index in [9.17, 15) is 9.59 Å². The lowest BCUT2D eigenvalue weighted by Crippen LogP contribution is -2.25. The maximum absolute atomic E-state index is 10.7. The first-order valence-electron chi connectivity index (χ1n) is 4.18. The molecule has 1 saturated heterocycles. The second kappa shape index (κ2) is 4.21. The van der Waals surface area contributed by atoms with E-state index < -0.39 is 11.8 Å². The molecule has 0 aromatic heterocycles. The Morgan fingerprint density at radius 3 is 2.33 bits per heavy atom. The van der Waals surface area contributed by atoms with Crippen LogP contribution in [0.1, 0.15) is 19.3 Å².